The molecule has 3 nitrogen and oxygen atoms in total. The third kappa shape index (κ3) is 6.73. The molecule has 0 heterocycles. The summed E-state index contributed by atoms with van der Waals surface area (Å²) in [5.74, 6) is -0.378. The Labute approximate surface area is 185 Å². The van der Waals surface area contributed by atoms with Crippen molar-refractivity contribution in [1.82, 2.24) is 0 Å². The highest BCUT2D eigenvalue weighted by atomic mass is 35.6. The van der Waals surface area contributed by atoms with Crippen molar-refractivity contribution < 1.29 is 14.6 Å². The minimum atomic E-state index is -1.55. The predicted molar refractivity (Wildman–Crippen MR) is 116 cm³/mol. The average Bonchev–Trinajstić information content (AvgIpc) is 2.59. The van der Waals surface area contributed by atoms with Crippen LogP contribution in [0.4, 0.5) is 0 Å². The first-order chi connectivity index (χ1) is 13.0. The van der Waals surface area contributed by atoms with Gasteiger partial charge in [-0.2, -0.15) is 0 Å². The summed E-state index contributed by atoms with van der Waals surface area (Å²) in [5, 5.41) is 9.20. The van der Waals surface area contributed by atoms with Gasteiger partial charge in [0, 0.05) is 11.8 Å². The van der Waals surface area contributed by atoms with E-state index in [0.717, 1.165) is 5.56 Å². The summed E-state index contributed by atoms with van der Waals surface area (Å²) >= 11 is 24.0. The van der Waals surface area contributed by atoms with E-state index in [0.29, 0.717) is 11.5 Å². The molecule has 0 aliphatic carbocycles. The van der Waals surface area contributed by atoms with Crippen molar-refractivity contribution in [3.05, 3.63) is 60.2 Å². The smallest absolute Gasteiger partial charge is 0.307 e. The number of benzene rings is 2. The van der Waals surface area contributed by atoms with Crippen LogP contribution in [0.25, 0.3) is 0 Å². The van der Waals surface area contributed by atoms with E-state index in [1.807, 2.05) is 54.6 Å². The van der Waals surface area contributed by atoms with Crippen LogP contribution in [0.2, 0.25) is 0 Å². The van der Waals surface area contributed by atoms with Crippen molar-refractivity contribution in [2.24, 2.45) is 11.3 Å². The Hall–Kier alpha value is -1.13. The number of hydrogen-bond donors (Lipinski definition) is 1. The molecule has 2 rings (SSSR count). The highest BCUT2D eigenvalue weighted by molar-refractivity contribution is 6.67. The molecule has 0 amide bonds. The number of alkyl halides is 4. The first kappa shape index (κ1) is 23.2. The summed E-state index contributed by atoms with van der Waals surface area (Å²) in [4.78, 5) is 12.0. The maximum atomic E-state index is 12.0. The van der Waals surface area contributed by atoms with Gasteiger partial charge in [0.25, 0.3) is 0 Å². The Kier molecular flexibility index (Phi) is 7.92. The molecule has 0 bridgehead atoms. The molecular weight excluding hydrogens is 442 g/mol. The van der Waals surface area contributed by atoms with Gasteiger partial charge in [-0.1, -0.05) is 79.0 Å². The van der Waals surface area contributed by atoms with E-state index < -0.39 is 26.5 Å². The number of ether oxygens (including phenoxy) is 1. The molecular formula is C21H22Cl4O3. The normalized spacial score (nSPS) is 14.4. The van der Waals surface area contributed by atoms with Gasteiger partial charge in [0.1, 0.15) is 11.5 Å². The van der Waals surface area contributed by atoms with Crippen LogP contribution in [0.5, 0.6) is 11.5 Å². The van der Waals surface area contributed by atoms with Crippen LogP contribution in [0.1, 0.15) is 25.8 Å². The van der Waals surface area contributed by atoms with Crippen molar-refractivity contribution in [1.29, 1.82) is 0 Å². The number of rotatable bonds is 8. The molecule has 28 heavy (non-hydrogen) atoms. The fraction of sp³-hybridized carbons (Fsp3) is 0.381. The van der Waals surface area contributed by atoms with Gasteiger partial charge in [0.05, 0.1) is 5.92 Å². The third-order valence-corrected chi connectivity index (χ3v) is 5.91. The van der Waals surface area contributed by atoms with Gasteiger partial charge in [0.2, 0.25) is 0 Å². The van der Waals surface area contributed by atoms with Gasteiger partial charge in [-0.05, 0) is 41.7 Å². The summed E-state index contributed by atoms with van der Waals surface area (Å²) in [7, 11) is 0. The van der Waals surface area contributed by atoms with Crippen LogP contribution in [-0.4, -0.2) is 20.2 Å². The van der Waals surface area contributed by atoms with E-state index in [1.54, 1.807) is 13.8 Å². The fourth-order valence-corrected chi connectivity index (χ4v) is 4.03. The lowest BCUT2D eigenvalue weighted by Crippen LogP contribution is -2.41. The Morgan fingerprint density at radius 3 is 2.21 bits per heavy atom. The number of aliphatic carboxylic acids is 1. The molecule has 0 saturated heterocycles. The molecule has 152 valence electrons. The summed E-state index contributed by atoms with van der Waals surface area (Å²) in [6.45, 7) is 3.56. The largest absolute Gasteiger partial charge is 0.481 e. The van der Waals surface area contributed by atoms with Crippen LogP contribution in [0.3, 0.4) is 0 Å². The second-order valence-electron chi connectivity index (χ2n) is 7.27. The van der Waals surface area contributed by atoms with Crippen molar-refractivity contribution in [3.8, 4) is 11.5 Å². The number of carboxylic acids is 1. The minimum Gasteiger partial charge on any atom is -0.481 e. The van der Waals surface area contributed by atoms with E-state index >= 15 is 0 Å². The molecule has 0 fully saturated rings. The van der Waals surface area contributed by atoms with E-state index in [2.05, 4.69) is 0 Å². The lowest BCUT2D eigenvalue weighted by atomic mass is 9.72. The highest BCUT2D eigenvalue weighted by Crippen LogP contribution is 2.44. The van der Waals surface area contributed by atoms with Gasteiger partial charge in [-0.25, -0.2) is 0 Å². The van der Waals surface area contributed by atoms with Crippen LogP contribution in [-0.2, 0) is 11.2 Å². The first-order valence-corrected chi connectivity index (χ1v) is 10.3. The number of hydrogen-bond acceptors (Lipinski definition) is 2. The zero-order chi connectivity index (χ0) is 20.9. The minimum absolute atomic E-state index is 0.0488. The maximum absolute atomic E-state index is 12.0. The molecule has 0 aliphatic heterocycles. The average molecular weight is 464 g/mol. The molecule has 0 saturated carbocycles. The van der Waals surface area contributed by atoms with Gasteiger partial charge in [0.15, 0.2) is 3.79 Å². The molecule has 2 unspecified atom stereocenters. The first-order valence-electron chi connectivity index (χ1n) is 8.74. The quantitative estimate of drug-likeness (QED) is 0.424. The summed E-state index contributed by atoms with van der Waals surface area (Å²) in [6, 6.07) is 16.7. The van der Waals surface area contributed by atoms with Crippen molar-refractivity contribution in [2.45, 2.75) is 35.9 Å². The van der Waals surface area contributed by atoms with Gasteiger partial charge >= 0.3 is 5.97 Å². The highest BCUT2D eigenvalue weighted by Gasteiger charge is 2.43. The number of carbonyl (C=O) groups is 1. The summed E-state index contributed by atoms with van der Waals surface area (Å²) < 4.78 is 4.29. The lowest BCUT2D eigenvalue weighted by molar-refractivity contribution is -0.146. The molecule has 2 aromatic rings. The lowest BCUT2D eigenvalue weighted by Gasteiger charge is -2.37. The van der Waals surface area contributed by atoms with E-state index in [1.165, 1.54) is 0 Å². The molecule has 0 radical (unpaired) electrons. The Bertz CT molecular complexity index is 788. The fourth-order valence-electron chi connectivity index (χ4n) is 2.95. The van der Waals surface area contributed by atoms with Gasteiger partial charge in [-0.15, -0.1) is 11.6 Å². The third-order valence-electron chi connectivity index (χ3n) is 4.73. The monoisotopic (exact) mass is 462 g/mol. The number of para-hydroxylation sites is 1. The Morgan fingerprint density at radius 2 is 1.64 bits per heavy atom. The predicted octanol–water partition coefficient (Wildman–Crippen LogP) is 7.12. The molecule has 0 spiro atoms. The molecule has 7 heteroatoms. The van der Waals surface area contributed by atoms with Crippen LogP contribution in [0.15, 0.2) is 54.6 Å². The second kappa shape index (κ2) is 9.58. The van der Waals surface area contributed by atoms with Crippen LogP contribution in [0, 0.1) is 11.3 Å². The zero-order valence-corrected chi connectivity index (χ0v) is 18.6. The summed E-state index contributed by atoms with van der Waals surface area (Å²) in [5.41, 5.74) is 0.0137. The maximum Gasteiger partial charge on any atom is 0.307 e. The number of halogens is 4. The summed E-state index contributed by atoms with van der Waals surface area (Å²) in [6.07, 6.45) is 0.324. The second-order valence-corrected chi connectivity index (χ2v) is 10.3. The molecule has 1 N–H and O–H groups in total. The molecule has 0 aromatic heterocycles. The molecule has 2 atom stereocenters. The van der Waals surface area contributed by atoms with Gasteiger partial charge in [-0.3, -0.25) is 4.79 Å². The topological polar surface area (TPSA) is 46.5 Å². The van der Waals surface area contributed by atoms with E-state index in [-0.39, 0.29) is 12.8 Å². The van der Waals surface area contributed by atoms with E-state index in [9.17, 15) is 9.90 Å². The standard InChI is InChI=1S/C21H22Cl4O3/c1-20(2,18(22)13-21(23,24)25)17(19(26)27)12-14-7-6-10-16(11-14)28-15-8-4-3-5-9-15/h3-11,17-18H,12-13H2,1-2H3,(H,26,27). The van der Waals surface area contributed by atoms with Crippen molar-refractivity contribution in [2.75, 3.05) is 0 Å². The van der Waals surface area contributed by atoms with Crippen LogP contribution < -0.4 is 4.74 Å². The van der Waals surface area contributed by atoms with Crippen molar-refractivity contribution in [3.63, 3.8) is 0 Å². The Morgan fingerprint density at radius 1 is 1.04 bits per heavy atom. The van der Waals surface area contributed by atoms with Gasteiger partial charge < -0.3 is 9.84 Å². The SMILES string of the molecule is CC(C)(C(Cl)CC(Cl)(Cl)Cl)C(Cc1cccc(Oc2ccccc2)c1)C(=O)O. The van der Waals surface area contributed by atoms with Crippen molar-refractivity contribution >= 4 is 52.4 Å². The molecule has 0 aliphatic rings. The van der Waals surface area contributed by atoms with Crippen LogP contribution >= 0.6 is 46.4 Å². The molecule has 2 aromatic carbocycles. The number of carboxylic acid groups (broad SMARTS) is 1. The van der Waals surface area contributed by atoms with E-state index in [4.69, 9.17) is 51.1 Å². The Balaban J connectivity index is 2.20. The zero-order valence-electron chi connectivity index (χ0n) is 15.5.